The zero-order chi connectivity index (χ0) is 13.8. The first-order valence-corrected chi connectivity index (χ1v) is 6.86. The summed E-state index contributed by atoms with van der Waals surface area (Å²) < 4.78 is 8.78. The lowest BCUT2D eigenvalue weighted by Crippen LogP contribution is -2.09. The van der Waals surface area contributed by atoms with Crippen LogP contribution in [0.4, 0.5) is 0 Å². The fourth-order valence-electron chi connectivity index (χ4n) is 1.35. The SMILES string of the molecule is O=C(O)c1cn(CCOc2ccc(Br)cc2Br)nn1. The summed E-state index contributed by atoms with van der Waals surface area (Å²) in [6, 6.07) is 5.59. The number of carboxylic acid groups (broad SMARTS) is 1. The monoisotopic (exact) mass is 389 g/mol. The van der Waals surface area contributed by atoms with Gasteiger partial charge in [-0.2, -0.15) is 0 Å². The van der Waals surface area contributed by atoms with Gasteiger partial charge in [0, 0.05) is 4.47 Å². The predicted octanol–water partition coefficient (Wildman–Crippen LogP) is 2.58. The molecule has 0 aliphatic carbocycles. The van der Waals surface area contributed by atoms with Crippen molar-refractivity contribution in [3.8, 4) is 5.75 Å². The lowest BCUT2D eigenvalue weighted by molar-refractivity contribution is 0.0690. The topological polar surface area (TPSA) is 77.2 Å². The van der Waals surface area contributed by atoms with Gasteiger partial charge in [-0.05, 0) is 34.1 Å². The van der Waals surface area contributed by atoms with Crippen molar-refractivity contribution in [2.45, 2.75) is 6.54 Å². The van der Waals surface area contributed by atoms with Gasteiger partial charge in [-0.3, -0.25) is 0 Å². The van der Waals surface area contributed by atoms with E-state index >= 15 is 0 Å². The standard InChI is InChI=1S/C11H9Br2N3O3/c12-7-1-2-10(8(13)5-7)19-4-3-16-6-9(11(17)18)14-15-16/h1-2,5-6H,3-4H2,(H,17,18). The number of rotatable bonds is 5. The van der Waals surface area contributed by atoms with Gasteiger partial charge in [-0.1, -0.05) is 21.1 Å². The number of hydrogen-bond donors (Lipinski definition) is 1. The van der Waals surface area contributed by atoms with E-state index in [-0.39, 0.29) is 5.69 Å². The van der Waals surface area contributed by atoms with Gasteiger partial charge in [0.25, 0.3) is 0 Å². The minimum absolute atomic E-state index is 0.0789. The van der Waals surface area contributed by atoms with Crippen molar-refractivity contribution in [1.29, 1.82) is 0 Å². The molecule has 0 radical (unpaired) electrons. The highest BCUT2D eigenvalue weighted by Gasteiger charge is 2.08. The molecule has 6 nitrogen and oxygen atoms in total. The molecule has 0 saturated heterocycles. The van der Waals surface area contributed by atoms with E-state index in [4.69, 9.17) is 9.84 Å². The Hall–Kier alpha value is -1.41. The van der Waals surface area contributed by atoms with E-state index in [1.807, 2.05) is 18.2 Å². The Morgan fingerprint density at radius 3 is 2.84 bits per heavy atom. The molecule has 0 amide bonds. The first-order chi connectivity index (χ1) is 9.06. The number of benzene rings is 1. The van der Waals surface area contributed by atoms with E-state index in [0.717, 1.165) is 8.95 Å². The van der Waals surface area contributed by atoms with Crippen molar-refractivity contribution in [2.24, 2.45) is 0 Å². The van der Waals surface area contributed by atoms with Crippen LogP contribution < -0.4 is 4.74 Å². The van der Waals surface area contributed by atoms with E-state index in [0.29, 0.717) is 18.9 Å². The van der Waals surface area contributed by atoms with E-state index in [1.165, 1.54) is 10.9 Å². The Bertz CT molecular complexity index is 601. The molecular formula is C11H9Br2N3O3. The first-order valence-electron chi connectivity index (χ1n) is 5.27. The largest absolute Gasteiger partial charge is 0.490 e. The van der Waals surface area contributed by atoms with Crippen LogP contribution in [0.2, 0.25) is 0 Å². The molecule has 0 aliphatic rings. The highest BCUT2D eigenvalue weighted by Crippen LogP contribution is 2.28. The summed E-state index contributed by atoms with van der Waals surface area (Å²) in [5, 5.41) is 15.9. The van der Waals surface area contributed by atoms with Gasteiger partial charge in [0.05, 0.1) is 17.2 Å². The molecule has 0 atom stereocenters. The van der Waals surface area contributed by atoms with Gasteiger partial charge in [0.1, 0.15) is 12.4 Å². The van der Waals surface area contributed by atoms with E-state index in [1.54, 1.807) is 0 Å². The van der Waals surface area contributed by atoms with Crippen LogP contribution in [-0.2, 0) is 6.54 Å². The maximum Gasteiger partial charge on any atom is 0.358 e. The summed E-state index contributed by atoms with van der Waals surface area (Å²) in [5.41, 5.74) is -0.0789. The van der Waals surface area contributed by atoms with Crippen LogP contribution in [0.25, 0.3) is 0 Å². The van der Waals surface area contributed by atoms with Gasteiger partial charge in [0.15, 0.2) is 5.69 Å². The minimum Gasteiger partial charge on any atom is -0.490 e. The number of hydrogen-bond acceptors (Lipinski definition) is 4. The van der Waals surface area contributed by atoms with Crippen molar-refractivity contribution in [3.63, 3.8) is 0 Å². The molecule has 2 rings (SSSR count). The van der Waals surface area contributed by atoms with Gasteiger partial charge in [-0.25, -0.2) is 9.48 Å². The highest BCUT2D eigenvalue weighted by molar-refractivity contribution is 9.11. The fraction of sp³-hybridized carbons (Fsp3) is 0.182. The molecule has 1 heterocycles. The zero-order valence-corrected chi connectivity index (χ0v) is 12.8. The van der Waals surface area contributed by atoms with Crippen molar-refractivity contribution in [2.75, 3.05) is 6.61 Å². The van der Waals surface area contributed by atoms with Crippen LogP contribution in [0, 0.1) is 0 Å². The molecule has 0 spiro atoms. The maximum atomic E-state index is 10.6. The molecule has 1 N–H and O–H groups in total. The lowest BCUT2D eigenvalue weighted by atomic mass is 10.3. The van der Waals surface area contributed by atoms with E-state index in [2.05, 4.69) is 42.2 Å². The molecule has 2 aromatic rings. The molecule has 0 unspecified atom stereocenters. The van der Waals surface area contributed by atoms with Gasteiger partial charge >= 0.3 is 5.97 Å². The number of carbonyl (C=O) groups is 1. The molecule has 8 heteroatoms. The average Bonchev–Trinajstić information content (AvgIpc) is 2.81. The minimum atomic E-state index is -1.09. The number of aromatic carboxylic acids is 1. The summed E-state index contributed by atoms with van der Waals surface area (Å²) in [4.78, 5) is 10.6. The molecule has 0 fully saturated rings. The third-order valence-electron chi connectivity index (χ3n) is 2.23. The van der Waals surface area contributed by atoms with Gasteiger partial charge < -0.3 is 9.84 Å². The van der Waals surface area contributed by atoms with Crippen LogP contribution in [0.5, 0.6) is 5.75 Å². The van der Waals surface area contributed by atoms with E-state index < -0.39 is 5.97 Å². The quantitative estimate of drug-likeness (QED) is 0.848. The Balaban J connectivity index is 1.90. The summed E-state index contributed by atoms with van der Waals surface area (Å²) in [6.07, 6.45) is 1.36. The second-order valence-electron chi connectivity index (χ2n) is 3.60. The normalized spacial score (nSPS) is 10.4. The Morgan fingerprint density at radius 1 is 1.42 bits per heavy atom. The van der Waals surface area contributed by atoms with Crippen molar-refractivity contribution >= 4 is 37.8 Å². The van der Waals surface area contributed by atoms with Crippen molar-refractivity contribution in [3.05, 3.63) is 39.0 Å². The second kappa shape index (κ2) is 6.16. The smallest absolute Gasteiger partial charge is 0.358 e. The lowest BCUT2D eigenvalue weighted by Gasteiger charge is -2.08. The number of aromatic nitrogens is 3. The first kappa shape index (κ1) is 14.0. The molecule has 0 aliphatic heterocycles. The molecular weight excluding hydrogens is 382 g/mol. The zero-order valence-electron chi connectivity index (χ0n) is 9.58. The van der Waals surface area contributed by atoms with Crippen LogP contribution in [0.15, 0.2) is 33.3 Å². The summed E-state index contributed by atoms with van der Waals surface area (Å²) in [6.45, 7) is 0.783. The number of carboxylic acids is 1. The van der Waals surface area contributed by atoms with Crippen molar-refractivity contribution in [1.82, 2.24) is 15.0 Å². The summed E-state index contributed by atoms with van der Waals surface area (Å²) in [5.74, 6) is -0.385. The molecule has 0 saturated carbocycles. The third-order valence-corrected chi connectivity index (χ3v) is 3.34. The number of nitrogens with zero attached hydrogens (tertiary/aromatic N) is 3. The maximum absolute atomic E-state index is 10.6. The van der Waals surface area contributed by atoms with Gasteiger partial charge in [-0.15, -0.1) is 5.10 Å². The van der Waals surface area contributed by atoms with Crippen LogP contribution in [-0.4, -0.2) is 32.7 Å². The Kier molecular flexibility index (Phi) is 4.54. The third kappa shape index (κ3) is 3.77. The van der Waals surface area contributed by atoms with Crippen molar-refractivity contribution < 1.29 is 14.6 Å². The average molecular weight is 391 g/mol. The number of halogens is 2. The predicted molar refractivity (Wildman–Crippen MR) is 74.3 cm³/mol. The van der Waals surface area contributed by atoms with Crippen LogP contribution >= 0.6 is 31.9 Å². The second-order valence-corrected chi connectivity index (χ2v) is 5.37. The fourth-order valence-corrected chi connectivity index (χ4v) is 2.51. The molecule has 1 aromatic carbocycles. The summed E-state index contributed by atoms with van der Waals surface area (Å²) >= 11 is 6.74. The molecule has 0 bridgehead atoms. The molecule has 100 valence electrons. The van der Waals surface area contributed by atoms with Gasteiger partial charge in [0.2, 0.25) is 0 Å². The molecule has 19 heavy (non-hydrogen) atoms. The number of ether oxygens (including phenoxy) is 1. The van der Waals surface area contributed by atoms with E-state index in [9.17, 15) is 4.79 Å². The molecule has 1 aromatic heterocycles. The Morgan fingerprint density at radius 2 is 2.21 bits per heavy atom. The van der Waals surface area contributed by atoms with Crippen LogP contribution in [0.3, 0.4) is 0 Å². The summed E-state index contributed by atoms with van der Waals surface area (Å²) in [7, 11) is 0. The van der Waals surface area contributed by atoms with Crippen LogP contribution in [0.1, 0.15) is 10.5 Å². The Labute approximate surface area is 125 Å². The highest BCUT2D eigenvalue weighted by atomic mass is 79.9.